The molecule has 2 aromatic carbocycles. The molecule has 33 heavy (non-hydrogen) atoms. The normalized spacial score (nSPS) is 10.7. The van der Waals surface area contributed by atoms with E-state index in [-0.39, 0.29) is 5.91 Å². The minimum atomic E-state index is -0.197. The van der Waals surface area contributed by atoms with Crippen molar-refractivity contribution in [3.8, 4) is 33.5 Å². The number of rotatable bonds is 8. The van der Waals surface area contributed by atoms with Gasteiger partial charge in [-0.3, -0.25) is 4.79 Å². The highest BCUT2D eigenvalue weighted by Crippen LogP contribution is 2.40. The number of hydrogen-bond acceptors (Lipinski definition) is 6. The summed E-state index contributed by atoms with van der Waals surface area (Å²) < 4.78 is 18.1. The fourth-order valence-electron chi connectivity index (χ4n) is 3.66. The number of thiophene rings is 1. The van der Waals surface area contributed by atoms with Crippen LogP contribution in [0.2, 0.25) is 0 Å². The lowest BCUT2D eigenvalue weighted by molar-refractivity contribution is 0.0781. The largest absolute Gasteiger partial charge is 0.493 e. The zero-order valence-electron chi connectivity index (χ0n) is 18.9. The van der Waals surface area contributed by atoms with Crippen molar-refractivity contribution in [1.29, 1.82) is 0 Å². The maximum Gasteiger partial charge on any atom is 0.257 e. The second-order valence-corrected chi connectivity index (χ2v) is 8.25. The SMILES string of the molecule is COc1ccc(C(=O)N(C)Cc2cn(-c3ccccc3)nc2-c2cccs2)c(OC)c1OC. The van der Waals surface area contributed by atoms with Gasteiger partial charge in [-0.05, 0) is 35.7 Å². The molecule has 0 aliphatic carbocycles. The fourth-order valence-corrected chi connectivity index (χ4v) is 4.41. The third-order valence-corrected chi connectivity index (χ3v) is 6.13. The first kappa shape index (κ1) is 22.4. The molecular weight excluding hydrogens is 438 g/mol. The molecule has 4 rings (SSSR count). The first-order chi connectivity index (χ1) is 16.1. The molecule has 2 aromatic heterocycles. The summed E-state index contributed by atoms with van der Waals surface area (Å²) >= 11 is 1.62. The van der Waals surface area contributed by atoms with Crippen LogP contribution in [-0.2, 0) is 6.54 Å². The molecule has 0 radical (unpaired) electrons. The third kappa shape index (κ3) is 4.42. The van der Waals surface area contributed by atoms with E-state index < -0.39 is 0 Å². The number of carbonyl (C=O) groups excluding carboxylic acids is 1. The summed E-state index contributed by atoms with van der Waals surface area (Å²) in [4.78, 5) is 16.1. The Kier molecular flexibility index (Phi) is 6.65. The van der Waals surface area contributed by atoms with Crippen LogP contribution in [-0.4, -0.2) is 49.0 Å². The van der Waals surface area contributed by atoms with Gasteiger partial charge in [0.05, 0.1) is 37.5 Å². The Morgan fingerprint density at radius 2 is 1.73 bits per heavy atom. The molecule has 0 aliphatic rings. The molecule has 0 fully saturated rings. The summed E-state index contributed by atoms with van der Waals surface area (Å²) in [5.41, 5.74) is 3.15. The predicted octanol–water partition coefficient (Wildman–Crippen LogP) is 4.90. The fraction of sp³-hybridized carbons (Fsp3) is 0.200. The molecule has 0 atom stereocenters. The van der Waals surface area contributed by atoms with Crippen molar-refractivity contribution in [2.24, 2.45) is 0 Å². The van der Waals surface area contributed by atoms with Crippen molar-refractivity contribution in [2.45, 2.75) is 6.54 Å². The van der Waals surface area contributed by atoms with Crippen LogP contribution in [0.3, 0.4) is 0 Å². The Morgan fingerprint density at radius 3 is 2.36 bits per heavy atom. The monoisotopic (exact) mass is 463 g/mol. The van der Waals surface area contributed by atoms with Crippen LogP contribution in [0.4, 0.5) is 0 Å². The van der Waals surface area contributed by atoms with Crippen LogP contribution in [0.1, 0.15) is 15.9 Å². The lowest BCUT2D eigenvalue weighted by Crippen LogP contribution is -2.26. The Balaban J connectivity index is 1.68. The molecule has 7 nitrogen and oxygen atoms in total. The molecule has 0 unspecified atom stereocenters. The van der Waals surface area contributed by atoms with E-state index in [9.17, 15) is 4.79 Å². The third-order valence-electron chi connectivity index (χ3n) is 5.25. The first-order valence-electron chi connectivity index (χ1n) is 10.3. The van der Waals surface area contributed by atoms with E-state index in [1.54, 1.807) is 42.5 Å². The number of aromatic nitrogens is 2. The van der Waals surface area contributed by atoms with Gasteiger partial charge < -0.3 is 19.1 Å². The van der Waals surface area contributed by atoms with E-state index >= 15 is 0 Å². The number of carbonyl (C=O) groups is 1. The van der Waals surface area contributed by atoms with Gasteiger partial charge in [-0.1, -0.05) is 24.3 Å². The average molecular weight is 464 g/mol. The van der Waals surface area contributed by atoms with Crippen LogP contribution in [0.15, 0.2) is 66.2 Å². The maximum atomic E-state index is 13.4. The number of hydrogen-bond donors (Lipinski definition) is 0. The van der Waals surface area contributed by atoms with Gasteiger partial charge in [0.2, 0.25) is 5.75 Å². The summed E-state index contributed by atoms with van der Waals surface area (Å²) in [6.45, 7) is 0.371. The van der Waals surface area contributed by atoms with Crippen LogP contribution in [0, 0.1) is 0 Å². The molecule has 0 spiro atoms. The van der Waals surface area contributed by atoms with Gasteiger partial charge in [0.15, 0.2) is 11.5 Å². The highest BCUT2D eigenvalue weighted by atomic mass is 32.1. The molecule has 4 aromatic rings. The van der Waals surface area contributed by atoms with E-state index in [4.69, 9.17) is 19.3 Å². The van der Waals surface area contributed by atoms with Gasteiger partial charge >= 0.3 is 0 Å². The lowest BCUT2D eigenvalue weighted by atomic mass is 10.1. The van der Waals surface area contributed by atoms with Gasteiger partial charge in [0, 0.05) is 25.4 Å². The summed E-state index contributed by atoms with van der Waals surface area (Å²) in [6.07, 6.45) is 1.97. The van der Waals surface area contributed by atoms with Gasteiger partial charge in [0.25, 0.3) is 5.91 Å². The number of benzene rings is 2. The van der Waals surface area contributed by atoms with Gasteiger partial charge in [-0.2, -0.15) is 5.10 Å². The van der Waals surface area contributed by atoms with Crippen LogP contribution < -0.4 is 14.2 Å². The molecule has 8 heteroatoms. The number of methoxy groups -OCH3 is 3. The minimum Gasteiger partial charge on any atom is -0.493 e. The summed E-state index contributed by atoms with van der Waals surface area (Å²) in [7, 11) is 6.33. The Hall–Kier alpha value is -3.78. The van der Waals surface area contributed by atoms with Crippen LogP contribution in [0.5, 0.6) is 17.2 Å². The quantitative estimate of drug-likeness (QED) is 0.372. The molecule has 1 amide bonds. The van der Waals surface area contributed by atoms with E-state index in [2.05, 4.69) is 0 Å². The Labute approximate surface area is 196 Å². The number of nitrogens with zero attached hydrogens (tertiary/aromatic N) is 3. The standard InChI is InChI=1S/C25H25N3O4S/c1-27(25(29)19-12-13-20(30-2)24(32-4)23(19)31-3)15-17-16-28(18-9-6-5-7-10-18)26-22(17)21-11-8-14-33-21/h5-14,16H,15H2,1-4H3. The molecule has 0 N–H and O–H groups in total. The first-order valence-corrected chi connectivity index (χ1v) is 11.2. The Morgan fingerprint density at radius 1 is 0.970 bits per heavy atom. The van der Waals surface area contributed by atoms with Crippen molar-refractivity contribution >= 4 is 17.2 Å². The number of ether oxygens (including phenoxy) is 3. The highest BCUT2D eigenvalue weighted by molar-refractivity contribution is 7.13. The summed E-state index contributed by atoms with van der Waals surface area (Å²) in [5.74, 6) is 1.03. The minimum absolute atomic E-state index is 0.197. The van der Waals surface area contributed by atoms with Gasteiger partial charge in [-0.15, -0.1) is 11.3 Å². The van der Waals surface area contributed by atoms with E-state index in [0.29, 0.717) is 29.4 Å². The van der Waals surface area contributed by atoms with Crippen molar-refractivity contribution in [3.05, 3.63) is 77.3 Å². The second-order valence-electron chi connectivity index (χ2n) is 7.30. The molecule has 2 heterocycles. The summed E-state index contributed by atoms with van der Waals surface area (Å²) in [6, 6.07) is 17.3. The van der Waals surface area contributed by atoms with Gasteiger partial charge in [0.1, 0.15) is 5.69 Å². The lowest BCUT2D eigenvalue weighted by Gasteiger charge is -2.20. The zero-order valence-corrected chi connectivity index (χ0v) is 19.8. The molecule has 170 valence electrons. The van der Waals surface area contributed by atoms with E-state index in [1.807, 2.05) is 58.7 Å². The van der Waals surface area contributed by atoms with Crippen molar-refractivity contribution in [3.63, 3.8) is 0 Å². The Bertz CT molecular complexity index is 1240. The summed E-state index contributed by atoms with van der Waals surface area (Å²) in [5, 5.41) is 6.84. The van der Waals surface area contributed by atoms with Crippen LogP contribution in [0.25, 0.3) is 16.3 Å². The van der Waals surface area contributed by atoms with E-state index in [0.717, 1.165) is 21.8 Å². The molecule has 0 aliphatic heterocycles. The molecule has 0 saturated carbocycles. The molecular formula is C25H25N3O4S. The number of para-hydroxylation sites is 1. The molecule has 0 saturated heterocycles. The van der Waals surface area contributed by atoms with Crippen molar-refractivity contribution in [1.82, 2.24) is 14.7 Å². The highest BCUT2D eigenvalue weighted by Gasteiger charge is 2.24. The zero-order chi connectivity index (χ0) is 23.4. The van der Waals surface area contributed by atoms with Crippen LogP contribution >= 0.6 is 11.3 Å². The smallest absolute Gasteiger partial charge is 0.257 e. The van der Waals surface area contributed by atoms with E-state index in [1.165, 1.54) is 14.2 Å². The average Bonchev–Trinajstić information content (AvgIpc) is 3.53. The molecule has 0 bridgehead atoms. The maximum absolute atomic E-state index is 13.4. The predicted molar refractivity (Wildman–Crippen MR) is 129 cm³/mol. The second kappa shape index (κ2) is 9.79. The number of amides is 1. The topological polar surface area (TPSA) is 65.8 Å². The van der Waals surface area contributed by atoms with Crippen molar-refractivity contribution < 1.29 is 19.0 Å². The van der Waals surface area contributed by atoms with Crippen molar-refractivity contribution in [2.75, 3.05) is 28.4 Å². The van der Waals surface area contributed by atoms with Gasteiger partial charge in [-0.25, -0.2) is 4.68 Å².